The molecule has 0 radical (unpaired) electrons. The first-order chi connectivity index (χ1) is 8.81. The highest BCUT2D eigenvalue weighted by Gasteiger charge is 2.18. The number of anilines is 1. The summed E-state index contributed by atoms with van der Waals surface area (Å²) in [5.41, 5.74) is 2.51. The second-order valence-electron chi connectivity index (χ2n) is 4.49. The molecular formula is C15H15NOS. The van der Waals surface area contributed by atoms with Crippen molar-refractivity contribution in [3.8, 4) is 5.75 Å². The molecule has 2 N–H and O–H groups in total. The van der Waals surface area contributed by atoms with Crippen molar-refractivity contribution in [1.82, 2.24) is 0 Å². The lowest BCUT2D eigenvalue weighted by Crippen LogP contribution is -2.23. The van der Waals surface area contributed by atoms with Crippen molar-refractivity contribution in [3.63, 3.8) is 0 Å². The predicted octanol–water partition coefficient (Wildman–Crippen LogP) is 3.52. The van der Waals surface area contributed by atoms with Gasteiger partial charge in [-0.25, -0.2) is 0 Å². The lowest BCUT2D eigenvalue weighted by molar-refractivity contribution is 0.475. The average Bonchev–Trinajstić information content (AvgIpc) is 2.41. The molecule has 1 aliphatic heterocycles. The van der Waals surface area contributed by atoms with E-state index in [0.717, 1.165) is 13.0 Å². The van der Waals surface area contributed by atoms with Gasteiger partial charge in [0.2, 0.25) is 0 Å². The minimum absolute atomic E-state index is 0.332. The number of nitrogens with one attached hydrogen (secondary N) is 1. The van der Waals surface area contributed by atoms with Crippen LogP contribution in [0.1, 0.15) is 5.56 Å². The van der Waals surface area contributed by atoms with E-state index in [0.29, 0.717) is 11.0 Å². The minimum Gasteiger partial charge on any atom is -0.508 e. The molecule has 3 rings (SSSR count). The first-order valence-electron chi connectivity index (χ1n) is 6.09. The monoisotopic (exact) mass is 257 g/mol. The highest BCUT2D eigenvalue weighted by Crippen LogP contribution is 2.35. The van der Waals surface area contributed by atoms with Crippen LogP contribution in [0.2, 0.25) is 0 Å². The summed E-state index contributed by atoms with van der Waals surface area (Å²) in [4.78, 5) is 1.33. The summed E-state index contributed by atoms with van der Waals surface area (Å²) in [7, 11) is 0. The maximum Gasteiger partial charge on any atom is 0.115 e. The number of fused-ring (bicyclic) bond motifs is 1. The van der Waals surface area contributed by atoms with E-state index in [9.17, 15) is 5.11 Å². The number of rotatable bonds is 2. The number of para-hydroxylation sites is 1. The Kier molecular flexibility index (Phi) is 3.15. The molecule has 0 bridgehead atoms. The predicted molar refractivity (Wildman–Crippen MR) is 76.4 cm³/mol. The minimum atomic E-state index is 0.332. The van der Waals surface area contributed by atoms with Gasteiger partial charge in [-0.05, 0) is 36.2 Å². The molecule has 0 aromatic heterocycles. The van der Waals surface area contributed by atoms with Gasteiger partial charge in [0.25, 0.3) is 0 Å². The first-order valence-corrected chi connectivity index (χ1v) is 6.97. The second kappa shape index (κ2) is 4.94. The largest absolute Gasteiger partial charge is 0.508 e. The number of benzene rings is 2. The molecule has 3 heteroatoms. The molecule has 0 amide bonds. The molecule has 0 fully saturated rings. The topological polar surface area (TPSA) is 32.3 Å². The standard InChI is InChI=1S/C15H15NOS/c17-12-7-5-11(6-8-12)9-13-10-16-14-3-1-2-4-15(14)18-13/h1-8,13,16-17H,9-10H2. The van der Waals surface area contributed by atoms with Crippen molar-refractivity contribution in [1.29, 1.82) is 0 Å². The fraction of sp³-hybridized carbons (Fsp3) is 0.200. The SMILES string of the molecule is Oc1ccc(CC2CNc3ccccc3S2)cc1. The molecule has 18 heavy (non-hydrogen) atoms. The van der Waals surface area contributed by atoms with Crippen LogP contribution < -0.4 is 5.32 Å². The van der Waals surface area contributed by atoms with Gasteiger partial charge in [0.15, 0.2) is 0 Å². The zero-order valence-corrected chi connectivity index (χ0v) is 10.8. The third-order valence-electron chi connectivity index (χ3n) is 3.10. The lowest BCUT2D eigenvalue weighted by atomic mass is 10.1. The van der Waals surface area contributed by atoms with E-state index in [-0.39, 0.29) is 0 Å². The molecule has 1 atom stereocenters. The third-order valence-corrected chi connectivity index (χ3v) is 4.38. The number of hydrogen-bond donors (Lipinski definition) is 2. The Morgan fingerprint density at radius 1 is 1.11 bits per heavy atom. The zero-order chi connectivity index (χ0) is 12.4. The number of aromatic hydroxyl groups is 1. The average molecular weight is 257 g/mol. The Morgan fingerprint density at radius 3 is 2.72 bits per heavy atom. The van der Waals surface area contributed by atoms with E-state index < -0.39 is 0 Å². The lowest BCUT2D eigenvalue weighted by Gasteiger charge is -2.25. The molecule has 92 valence electrons. The molecular weight excluding hydrogens is 242 g/mol. The van der Waals surface area contributed by atoms with Crippen LogP contribution in [0.15, 0.2) is 53.4 Å². The van der Waals surface area contributed by atoms with E-state index in [1.165, 1.54) is 16.1 Å². The fourth-order valence-corrected chi connectivity index (χ4v) is 3.40. The van der Waals surface area contributed by atoms with E-state index in [1.54, 1.807) is 12.1 Å². The van der Waals surface area contributed by atoms with E-state index >= 15 is 0 Å². The van der Waals surface area contributed by atoms with Gasteiger partial charge >= 0.3 is 0 Å². The molecule has 0 saturated carbocycles. The van der Waals surface area contributed by atoms with Crippen LogP contribution in [0.4, 0.5) is 5.69 Å². The van der Waals surface area contributed by atoms with Gasteiger partial charge in [0, 0.05) is 22.4 Å². The van der Waals surface area contributed by atoms with Crippen LogP contribution in [-0.2, 0) is 6.42 Å². The maximum atomic E-state index is 9.28. The van der Waals surface area contributed by atoms with Crippen LogP contribution in [0, 0.1) is 0 Å². The second-order valence-corrected chi connectivity index (χ2v) is 5.83. The van der Waals surface area contributed by atoms with Crippen LogP contribution in [0.5, 0.6) is 5.75 Å². The van der Waals surface area contributed by atoms with Gasteiger partial charge in [-0.2, -0.15) is 0 Å². The van der Waals surface area contributed by atoms with Gasteiger partial charge in [-0.3, -0.25) is 0 Å². The van der Waals surface area contributed by atoms with Crippen LogP contribution in [-0.4, -0.2) is 16.9 Å². The van der Waals surface area contributed by atoms with Gasteiger partial charge in [-0.15, -0.1) is 11.8 Å². The number of phenols is 1. The summed E-state index contributed by atoms with van der Waals surface area (Å²) in [6.45, 7) is 0.989. The fourth-order valence-electron chi connectivity index (χ4n) is 2.17. The van der Waals surface area contributed by atoms with Gasteiger partial charge < -0.3 is 10.4 Å². The third kappa shape index (κ3) is 2.46. The quantitative estimate of drug-likeness (QED) is 0.863. The smallest absolute Gasteiger partial charge is 0.115 e. The van der Waals surface area contributed by atoms with Gasteiger partial charge in [0.1, 0.15) is 5.75 Å². The molecule has 0 saturated heterocycles. The zero-order valence-electron chi connectivity index (χ0n) is 9.97. The molecule has 2 nitrogen and oxygen atoms in total. The van der Waals surface area contributed by atoms with Crippen molar-refractivity contribution < 1.29 is 5.11 Å². The molecule has 1 unspecified atom stereocenters. The van der Waals surface area contributed by atoms with Crippen LogP contribution >= 0.6 is 11.8 Å². The summed E-state index contributed by atoms with van der Waals surface area (Å²) >= 11 is 1.93. The molecule has 2 aromatic carbocycles. The summed E-state index contributed by atoms with van der Waals surface area (Å²) in [5.74, 6) is 0.332. The van der Waals surface area contributed by atoms with Crippen LogP contribution in [0.25, 0.3) is 0 Å². The number of phenolic OH excluding ortho intramolecular Hbond substituents is 1. The molecule has 0 aliphatic carbocycles. The summed E-state index contributed by atoms with van der Waals surface area (Å²) in [6.07, 6.45) is 1.02. The van der Waals surface area contributed by atoms with Crippen LogP contribution in [0.3, 0.4) is 0 Å². The van der Waals surface area contributed by atoms with Crippen molar-refractivity contribution in [2.24, 2.45) is 0 Å². The Morgan fingerprint density at radius 2 is 1.89 bits per heavy atom. The molecule has 2 aromatic rings. The van der Waals surface area contributed by atoms with Crippen molar-refractivity contribution in [3.05, 3.63) is 54.1 Å². The summed E-state index contributed by atoms with van der Waals surface area (Å²) in [6, 6.07) is 15.9. The van der Waals surface area contributed by atoms with E-state index in [1.807, 2.05) is 23.9 Å². The Labute approximate surface area is 111 Å². The number of thioether (sulfide) groups is 1. The Bertz CT molecular complexity index is 538. The highest BCUT2D eigenvalue weighted by molar-refractivity contribution is 8.00. The summed E-state index contributed by atoms with van der Waals surface area (Å²) < 4.78 is 0. The van der Waals surface area contributed by atoms with Crippen molar-refractivity contribution >= 4 is 17.4 Å². The summed E-state index contributed by atoms with van der Waals surface area (Å²) in [5, 5.41) is 13.3. The number of hydrogen-bond acceptors (Lipinski definition) is 3. The van der Waals surface area contributed by atoms with E-state index in [4.69, 9.17) is 0 Å². The molecule has 1 heterocycles. The van der Waals surface area contributed by atoms with E-state index in [2.05, 4.69) is 29.6 Å². The normalized spacial score (nSPS) is 17.9. The van der Waals surface area contributed by atoms with Gasteiger partial charge in [-0.1, -0.05) is 24.3 Å². The first kappa shape index (κ1) is 11.5. The van der Waals surface area contributed by atoms with Crippen molar-refractivity contribution in [2.45, 2.75) is 16.6 Å². The Balaban J connectivity index is 1.71. The van der Waals surface area contributed by atoms with Crippen molar-refractivity contribution in [2.75, 3.05) is 11.9 Å². The molecule has 0 spiro atoms. The Hall–Kier alpha value is -1.61. The maximum absolute atomic E-state index is 9.28. The highest BCUT2D eigenvalue weighted by atomic mass is 32.2. The van der Waals surface area contributed by atoms with Gasteiger partial charge in [0.05, 0.1) is 0 Å². The molecule has 1 aliphatic rings.